The summed E-state index contributed by atoms with van der Waals surface area (Å²) in [5.41, 5.74) is 0.678. The lowest BCUT2D eigenvalue weighted by Crippen LogP contribution is -2.27. The van der Waals surface area contributed by atoms with E-state index in [4.69, 9.17) is 11.6 Å². The van der Waals surface area contributed by atoms with Gasteiger partial charge in [-0.1, -0.05) is 43.7 Å². The first-order valence-electron chi connectivity index (χ1n) is 6.90. The number of halogens is 2. The zero-order chi connectivity index (χ0) is 13.7. The van der Waals surface area contributed by atoms with E-state index < -0.39 is 0 Å². The van der Waals surface area contributed by atoms with Crippen molar-refractivity contribution in [3.63, 3.8) is 0 Å². The Kier molecular flexibility index (Phi) is 5.95. The molecule has 1 fully saturated rings. The zero-order valence-electron chi connectivity index (χ0n) is 10.9. The molecule has 104 valence electrons. The first-order chi connectivity index (χ1) is 9.16. The van der Waals surface area contributed by atoms with Crippen molar-refractivity contribution in [3.05, 3.63) is 32.4 Å². The highest BCUT2D eigenvalue weighted by Gasteiger charge is 2.14. The minimum atomic E-state index is -0.0114. The van der Waals surface area contributed by atoms with Gasteiger partial charge in [-0.25, -0.2) is 0 Å². The second-order valence-corrected chi connectivity index (χ2v) is 6.77. The standard InChI is InChI=1S/C15H19ClINO/c16-12-6-7-14(17)13(10-12)15(19)18-9-8-11-4-2-1-3-5-11/h6-7,10-11H,1-5,8-9H2,(H,18,19). The summed E-state index contributed by atoms with van der Waals surface area (Å²) in [6.07, 6.45) is 7.83. The molecule has 2 nitrogen and oxygen atoms in total. The van der Waals surface area contributed by atoms with Crippen LogP contribution in [0.5, 0.6) is 0 Å². The highest BCUT2D eigenvalue weighted by atomic mass is 127. The van der Waals surface area contributed by atoms with Crippen molar-refractivity contribution >= 4 is 40.1 Å². The van der Waals surface area contributed by atoms with Gasteiger partial charge in [-0.15, -0.1) is 0 Å². The number of amides is 1. The third-order valence-corrected chi connectivity index (χ3v) is 4.91. The van der Waals surface area contributed by atoms with E-state index in [1.165, 1.54) is 32.1 Å². The van der Waals surface area contributed by atoms with Gasteiger partial charge >= 0.3 is 0 Å². The first-order valence-corrected chi connectivity index (χ1v) is 8.36. The number of rotatable bonds is 4. The second kappa shape index (κ2) is 7.48. The largest absolute Gasteiger partial charge is 0.352 e. The Morgan fingerprint density at radius 2 is 2.05 bits per heavy atom. The van der Waals surface area contributed by atoms with Gasteiger partial charge in [-0.2, -0.15) is 0 Å². The van der Waals surface area contributed by atoms with Gasteiger partial charge in [0, 0.05) is 15.1 Å². The molecule has 0 aliphatic heterocycles. The van der Waals surface area contributed by atoms with Crippen LogP contribution in [0.2, 0.25) is 5.02 Å². The Morgan fingerprint density at radius 1 is 1.32 bits per heavy atom. The van der Waals surface area contributed by atoms with Gasteiger partial charge < -0.3 is 5.32 Å². The number of hydrogen-bond donors (Lipinski definition) is 1. The van der Waals surface area contributed by atoms with Crippen molar-refractivity contribution in [1.82, 2.24) is 5.32 Å². The molecular weight excluding hydrogens is 373 g/mol. The molecule has 0 spiro atoms. The van der Waals surface area contributed by atoms with E-state index in [-0.39, 0.29) is 5.91 Å². The molecule has 0 aromatic heterocycles. The molecule has 4 heteroatoms. The Bertz CT molecular complexity index is 444. The molecule has 0 radical (unpaired) electrons. The van der Waals surface area contributed by atoms with E-state index in [2.05, 4.69) is 27.9 Å². The lowest BCUT2D eigenvalue weighted by Gasteiger charge is -2.21. The average Bonchev–Trinajstić information content (AvgIpc) is 2.42. The summed E-state index contributed by atoms with van der Waals surface area (Å²) < 4.78 is 0.942. The predicted octanol–water partition coefficient (Wildman–Crippen LogP) is 4.64. The molecule has 0 saturated heterocycles. The van der Waals surface area contributed by atoms with Crippen LogP contribution in [0.4, 0.5) is 0 Å². The van der Waals surface area contributed by atoms with Crippen LogP contribution in [-0.4, -0.2) is 12.5 Å². The number of benzene rings is 1. The van der Waals surface area contributed by atoms with Crippen molar-refractivity contribution in [2.75, 3.05) is 6.54 Å². The maximum Gasteiger partial charge on any atom is 0.252 e. The van der Waals surface area contributed by atoms with Crippen LogP contribution in [0.15, 0.2) is 18.2 Å². The molecule has 1 aromatic rings. The highest BCUT2D eigenvalue weighted by molar-refractivity contribution is 14.1. The monoisotopic (exact) mass is 391 g/mol. The molecular formula is C15H19ClINO. The van der Waals surface area contributed by atoms with Gasteiger partial charge in [0.25, 0.3) is 5.91 Å². The molecule has 0 atom stereocenters. The summed E-state index contributed by atoms with van der Waals surface area (Å²) in [5, 5.41) is 3.62. The fraction of sp³-hybridized carbons (Fsp3) is 0.533. The summed E-state index contributed by atoms with van der Waals surface area (Å²) in [6, 6.07) is 5.42. The number of carbonyl (C=O) groups excluding carboxylic acids is 1. The second-order valence-electron chi connectivity index (χ2n) is 5.17. The highest BCUT2D eigenvalue weighted by Crippen LogP contribution is 2.25. The summed E-state index contributed by atoms with van der Waals surface area (Å²) in [6.45, 7) is 0.770. The molecule has 1 aliphatic carbocycles. The van der Waals surface area contributed by atoms with Crippen molar-refractivity contribution in [3.8, 4) is 0 Å². The van der Waals surface area contributed by atoms with Crippen molar-refractivity contribution in [2.45, 2.75) is 38.5 Å². The van der Waals surface area contributed by atoms with Crippen LogP contribution in [-0.2, 0) is 0 Å². The third-order valence-electron chi connectivity index (χ3n) is 3.74. The summed E-state index contributed by atoms with van der Waals surface area (Å²) >= 11 is 8.10. The SMILES string of the molecule is O=C(NCCC1CCCCC1)c1cc(Cl)ccc1I. The van der Waals surface area contributed by atoms with E-state index in [1.54, 1.807) is 6.07 Å². The van der Waals surface area contributed by atoms with Crippen LogP contribution >= 0.6 is 34.2 Å². The zero-order valence-corrected chi connectivity index (χ0v) is 13.8. The van der Waals surface area contributed by atoms with Crippen molar-refractivity contribution in [2.24, 2.45) is 5.92 Å². The third kappa shape index (κ3) is 4.63. The Hall–Kier alpha value is -0.290. The van der Waals surface area contributed by atoms with Gasteiger partial charge in [-0.05, 0) is 53.1 Å². The lowest BCUT2D eigenvalue weighted by molar-refractivity contribution is 0.0949. The Labute approximate surface area is 133 Å². The molecule has 0 bridgehead atoms. The van der Waals surface area contributed by atoms with Crippen LogP contribution < -0.4 is 5.32 Å². The summed E-state index contributed by atoms with van der Waals surface area (Å²) in [7, 11) is 0. The normalized spacial score (nSPS) is 16.3. The molecule has 0 unspecified atom stereocenters. The van der Waals surface area contributed by atoms with E-state index in [0.29, 0.717) is 10.6 Å². The van der Waals surface area contributed by atoms with Crippen LogP contribution in [0.25, 0.3) is 0 Å². The minimum absolute atomic E-state index is 0.0114. The molecule has 2 rings (SSSR count). The van der Waals surface area contributed by atoms with E-state index in [1.807, 2.05) is 12.1 Å². The molecule has 1 N–H and O–H groups in total. The average molecular weight is 392 g/mol. The molecule has 0 heterocycles. The van der Waals surface area contributed by atoms with E-state index in [0.717, 1.165) is 22.5 Å². The van der Waals surface area contributed by atoms with Gasteiger partial charge in [0.2, 0.25) is 0 Å². The molecule has 1 aliphatic rings. The lowest BCUT2D eigenvalue weighted by atomic mass is 9.87. The predicted molar refractivity (Wildman–Crippen MR) is 87.7 cm³/mol. The smallest absolute Gasteiger partial charge is 0.252 e. The number of nitrogens with one attached hydrogen (secondary N) is 1. The van der Waals surface area contributed by atoms with Crippen LogP contribution in [0.3, 0.4) is 0 Å². The minimum Gasteiger partial charge on any atom is -0.352 e. The molecule has 19 heavy (non-hydrogen) atoms. The van der Waals surface area contributed by atoms with Gasteiger partial charge in [0.15, 0.2) is 0 Å². The van der Waals surface area contributed by atoms with Crippen molar-refractivity contribution < 1.29 is 4.79 Å². The molecule has 1 aromatic carbocycles. The fourth-order valence-electron chi connectivity index (χ4n) is 2.63. The summed E-state index contributed by atoms with van der Waals surface area (Å²) in [4.78, 5) is 12.1. The number of carbonyl (C=O) groups is 1. The van der Waals surface area contributed by atoms with Gasteiger partial charge in [0.1, 0.15) is 0 Å². The quantitative estimate of drug-likeness (QED) is 0.744. The van der Waals surface area contributed by atoms with E-state index in [9.17, 15) is 4.79 Å². The van der Waals surface area contributed by atoms with E-state index >= 15 is 0 Å². The van der Waals surface area contributed by atoms with Crippen molar-refractivity contribution in [1.29, 1.82) is 0 Å². The maximum absolute atomic E-state index is 12.1. The Balaban J connectivity index is 1.82. The van der Waals surface area contributed by atoms with Gasteiger partial charge in [0.05, 0.1) is 5.56 Å². The fourth-order valence-corrected chi connectivity index (χ4v) is 3.38. The molecule has 1 saturated carbocycles. The first kappa shape index (κ1) is 15.1. The topological polar surface area (TPSA) is 29.1 Å². The van der Waals surface area contributed by atoms with Gasteiger partial charge in [-0.3, -0.25) is 4.79 Å². The van der Waals surface area contributed by atoms with Crippen LogP contribution in [0.1, 0.15) is 48.9 Å². The van der Waals surface area contributed by atoms with Crippen LogP contribution in [0, 0.1) is 9.49 Å². The summed E-state index contributed by atoms with van der Waals surface area (Å²) in [5.74, 6) is 0.787. The molecule has 1 amide bonds. The maximum atomic E-state index is 12.1. The Morgan fingerprint density at radius 3 is 2.79 bits per heavy atom. The number of hydrogen-bond acceptors (Lipinski definition) is 1.